The van der Waals surface area contributed by atoms with Crippen LogP contribution in [0.5, 0.6) is 0 Å². The zero-order valence-corrected chi connectivity index (χ0v) is 29.4. The van der Waals surface area contributed by atoms with Crippen molar-refractivity contribution in [3.05, 3.63) is 94.3 Å². The molecule has 3 fully saturated rings. The number of halogens is 3. The second kappa shape index (κ2) is 13.4. The number of rotatable bonds is 9. The van der Waals surface area contributed by atoms with E-state index in [1.165, 1.54) is 11.6 Å². The van der Waals surface area contributed by atoms with Gasteiger partial charge in [-0.05, 0) is 106 Å². The fourth-order valence-electron chi connectivity index (χ4n) is 8.77. The van der Waals surface area contributed by atoms with Crippen molar-refractivity contribution in [1.82, 2.24) is 24.1 Å². The van der Waals surface area contributed by atoms with Crippen LogP contribution in [-0.4, -0.2) is 71.9 Å². The molecule has 0 spiro atoms. The van der Waals surface area contributed by atoms with Crippen LogP contribution in [0.3, 0.4) is 0 Å². The monoisotopic (exact) mass is 709 g/mol. The molecule has 3 aromatic carbocycles. The van der Waals surface area contributed by atoms with Crippen LogP contribution in [0.15, 0.2) is 65.6 Å². The standard InChI is InChI=1S/C37H42ClF2N5O3S/c1-3-41-49(47,48)35-22-30(32(40)23-31(35)38)36(46)43-16-13-37(14-17-43,25-7-6-8-26(39)19-25)15-18-44-27-11-12-28(44)21-29(20-27)45-24(2)42-33-9-4-5-10-34(33)45/h4-10,19,22-23,27-29,41H,3,11-18,20-21H2,1-2H3/t27-,28+,29?. The number of nitrogens with zero attached hydrogens (tertiary/aromatic N) is 4. The van der Waals surface area contributed by atoms with Crippen LogP contribution in [0.4, 0.5) is 8.78 Å². The fraction of sp³-hybridized carbons (Fsp3) is 0.459. The van der Waals surface area contributed by atoms with Gasteiger partial charge in [-0.25, -0.2) is 26.9 Å². The summed E-state index contributed by atoms with van der Waals surface area (Å²) in [6.07, 6.45) is 6.39. The Bertz CT molecular complexity index is 1980. The molecule has 12 heteroatoms. The van der Waals surface area contributed by atoms with E-state index in [4.69, 9.17) is 16.6 Å². The number of para-hydroxylation sites is 2. The number of carbonyl (C=O) groups excluding carboxylic acids is 1. The number of hydrogen-bond donors (Lipinski definition) is 1. The topological polar surface area (TPSA) is 87.5 Å². The summed E-state index contributed by atoms with van der Waals surface area (Å²) in [7, 11) is -4.02. The molecule has 1 amide bonds. The van der Waals surface area contributed by atoms with Crippen LogP contribution < -0.4 is 4.72 Å². The molecule has 0 saturated carbocycles. The molecule has 1 aromatic heterocycles. The highest BCUT2D eigenvalue weighted by molar-refractivity contribution is 7.89. The smallest absolute Gasteiger partial charge is 0.256 e. The van der Waals surface area contributed by atoms with Gasteiger partial charge in [-0.2, -0.15) is 0 Å². The maximum absolute atomic E-state index is 15.1. The highest BCUT2D eigenvalue weighted by Crippen LogP contribution is 2.45. The number of imidazole rings is 1. The van der Waals surface area contributed by atoms with Crippen molar-refractivity contribution in [2.24, 2.45) is 0 Å². The van der Waals surface area contributed by atoms with Gasteiger partial charge in [0.25, 0.3) is 5.91 Å². The van der Waals surface area contributed by atoms with E-state index in [9.17, 15) is 17.6 Å². The molecule has 2 bridgehead atoms. The van der Waals surface area contributed by atoms with E-state index in [-0.39, 0.29) is 33.3 Å². The lowest BCUT2D eigenvalue weighted by Crippen LogP contribution is -2.49. The number of hydrogen-bond acceptors (Lipinski definition) is 5. The number of amides is 1. The molecule has 260 valence electrons. The van der Waals surface area contributed by atoms with Gasteiger partial charge in [0.1, 0.15) is 22.4 Å². The van der Waals surface area contributed by atoms with E-state index in [0.717, 1.165) is 67.7 Å². The minimum Gasteiger partial charge on any atom is -0.338 e. The molecule has 8 nitrogen and oxygen atoms in total. The highest BCUT2D eigenvalue weighted by Gasteiger charge is 2.44. The number of sulfonamides is 1. The fourth-order valence-corrected chi connectivity index (χ4v) is 10.3. The summed E-state index contributed by atoms with van der Waals surface area (Å²) in [6, 6.07) is 18.3. The molecular formula is C37H42ClF2N5O3S. The van der Waals surface area contributed by atoms with Crippen molar-refractivity contribution < 1.29 is 22.0 Å². The van der Waals surface area contributed by atoms with Crippen LogP contribution in [-0.2, 0) is 15.4 Å². The molecular weight excluding hydrogens is 668 g/mol. The number of fused-ring (bicyclic) bond motifs is 3. The maximum atomic E-state index is 15.1. The van der Waals surface area contributed by atoms with Gasteiger partial charge in [-0.1, -0.05) is 42.8 Å². The predicted octanol–water partition coefficient (Wildman–Crippen LogP) is 7.01. The van der Waals surface area contributed by atoms with Crippen LogP contribution in [0.2, 0.25) is 5.02 Å². The molecule has 4 heterocycles. The number of aromatic nitrogens is 2. The van der Waals surface area contributed by atoms with Crippen LogP contribution >= 0.6 is 11.6 Å². The zero-order chi connectivity index (χ0) is 34.5. The third kappa shape index (κ3) is 6.39. The first-order chi connectivity index (χ1) is 23.5. The predicted molar refractivity (Wildman–Crippen MR) is 186 cm³/mol. The molecule has 4 aromatic rings. The average Bonchev–Trinajstić information content (AvgIpc) is 3.53. The molecule has 3 aliphatic heterocycles. The third-order valence-corrected chi connectivity index (χ3v) is 13.2. The summed E-state index contributed by atoms with van der Waals surface area (Å²) in [5.41, 5.74) is 2.44. The first-order valence-corrected chi connectivity index (χ1v) is 19.1. The molecule has 1 N–H and O–H groups in total. The lowest BCUT2D eigenvalue weighted by Gasteiger charge is -2.45. The summed E-state index contributed by atoms with van der Waals surface area (Å²) in [4.78, 5) is 22.4. The number of likely N-dealkylation sites (tertiary alicyclic amines) is 1. The van der Waals surface area contributed by atoms with E-state index in [0.29, 0.717) is 44.1 Å². The van der Waals surface area contributed by atoms with E-state index in [2.05, 4.69) is 39.3 Å². The molecule has 0 radical (unpaired) electrons. The molecule has 7 rings (SSSR count). The van der Waals surface area contributed by atoms with Crippen molar-refractivity contribution in [3.8, 4) is 0 Å². The van der Waals surface area contributed by atoms with Gasteiger partial charge in [0.05, 0.1) is 21.6 Å². The summed E-state index contributed by atoms with van der Waals surface area (Å²) < 4.78 is 59.9. The summed E-state index contributed by atoms with van der Waals surface area (Å²) >= 11 is 6.10. The van der Waals surface area contributed by atoms with Crippen LogP contribution in [0.1, 0.15) is 79.7 Å². The van der Waals surface area contributed by atoms with E-state index < -0.39 is 21.7 Å². The Balaban J connectivity index is 1.09. The molecule has 49 heavy (non-hydrogen) atoms. The first-order valence-electron chi connectivity index (χ1n) is 17.2. The van der Waals surface area contributed by atoms with E-state index in [1.54, 1.807) is 24.0 Å². The van der Waals surface area contributed by atoms with Gasteiger partial charge in [-0.3, -0.25) is 9.69 Å². The Morgan fingerprint density at radius 2 is 1.71 bits per heavy atom. The molecule has 1 unspecified atom stereocenters. The molecule has 3 atom stereocenters. The van der Waals surface area contributed by atoms with Crippen LogP contribution in [0.25, 0.3) is 11.0 Å². The van der Waals surface area contributed by atoms with Gasteiger partial charge in [0.15, 0.2) is 0 Å². The Morgan fingerprint density at radius 3 is 2.41 bits per heavy atom. The van der Waals surface area contributed by atoms with Gasteiger partial charge < -0.3 is 9.47 Å². The van der Waals surface area contributed by atoms with Crippen molar-refractivity contribution >= 4 is 38.6 Å². The van der Waals surface area contributed by atoms with E-state index in [1.807, 2.05) is 12.1 Å². The lowest BCUT2D eigenvalue weighted by molar-refractivity contribution is 0.0602. The number of benzene rings is 3. The van der Waals surface area contributed by atoms with Crippen molar-refractivity contribution in [1.29, 1.82) is 0 Å². The lowest BCUT2D eigenvalue weighted by atomic mass is 9.70. The number of aryl methyl sites for hydroxylation is 1. The number of carbonyl (C=O) groups is 1. The largest absolute Gasteiger partial charge is 0.338 e. The minimum absolute atomic E-state index is 0.120. The highest BCUT2D eigenvalue weighted by atomic mass is 35.5. The summed E-state index contributed by atoms with van der Waals surface area (Å²) in [5.74, 6) is -0.696. The van der Waals surface area contributed by atoms with Gasteiger partial charge in [0, 0.05) is 37.8 Å². The van der Waals surface area contributed by atoms with Crippen molar-refractivity contribution in [2.75, 3.05) is 26.2 Å². The number of nitrogens with one attached hydrogen (secondary N) is 1. The Morgan fingerprint density at radius 1 is 1.00 bits per heavy atom. The molecule has 3 aliphatic rings. The van der Waals surface area contributed by atoms with E-state index >= 15 is 4.39 Å². The summed E-state index contributed by atoms with van der Waals surface area (Å²) in [6.45, 7) is 5.36. The Labute approximate surface area is 291 Å². The Hall–Kier alpha value is -3.38. The van der Waals surface area contributed by atoms with Crippen molar-refractivity contribution in [3.63, 3.8) is 0 Å². The number of piperidine rings is 2. The van der Waals surface area contributed by atoms with Gasteiger partial charge in [0.2, 0.25) is 10.0 Å². The van der Waals surface area contributed by atoms with Gasteiger partial charge in [-0.15, -0.1) is 0 Å². The van der Waals surface area contributed by atoms with Crippen molar-refractivity contribution in [2.45, 2.75) is 87.2 Å². The summed E-state index contributed by atoms with van der Waals surface area (Å²) in [5, 5.41) is -0.287. The first kappa shape index (κ1) is 34.1. The average molecular weight is 710 g/mol. The SMILES string of the molecule is CCNS(=O)(=O)c1cc(C(=O)N2CCC(CCN3[C@@H]4CC[C@H]3CC(n3c(C)nc5ccccc53)C4)(c3cccc(F)c3)CC2)c(F)cc1Cl. The quantitative estimate of drug-likeness (QED) is 0.202. The van der Waals surface area contributed by atoms with Crippen LogP contribution in [0, 0.1) is 18.6 Å². The zero-order valence-electron chi connectivity index (χ0n) is 27.8. The second-order valence-electron chi connectivity index (χ2n) is 13.9. The third-order valence-electron chi connectivity index (χ3n) is 11.2. The Kier molecular flexibility index (Phi) is 9.32. The second-order valence-corrected chi connectivity index (χ2v) is 16.0. The molecule has 3 saturated heterocycles. The minimum atomic E-state index is -4.02. The molecule has 0 aliphatic carbocycles. The normalized spacial score (nSPS) is 22.6. The van der Waals surface area contributed by atoms with Gasteiger partial charge >= 0.3 is 0 Å². The maximum Gasteiger partial charge on any atom is 0.256 e.